The highest BCUT2D eigenvalue weighted by Crippen LogP contribution is 2.37. The number of amides is 1. The van der Waals surface area contributed by atoms with Crippen LogP contribution in [0.25, 0.3) is 16.2 Å². The summed E-state index contributed by atoms with van der Waals surface area (Å²) in [5.74, 6) is -0.00972. The Kier molecular flexibility index (Phi) is 4.73. The average molecular weight is 355 g/mol. The molecule has 1 aromatic heterocycles. The molecule has 1 aliphatic heterocycles. The quantitative estimate of drug-likeness (QED) is 0.822. The van der Waals surface area contributed by atoms with E-state index in [0.29, 0.717) is 23.1 Å². The second-order valence-electron chi connectivity index (χ2n) is 5.43. The number of nitrogens with zero attached hydrogens (tertiary/aromatic N) is 1. The van der Waals surface area contributed by atoms with E-state index >= 15 is 0 Å². The molecule has 3 rings (SSSR count). The van der Waals surface area contributed by atoms with Gasteiger partial charge in [0.25, 0.3) is 0 Å². The number of thiophene rings is 1. The van der Waals surface area contributed by atoms with Gasteiger partial charge in [-0.05, 0) is 47.4 Å². The van der Waals surface area contributed by atoms with Gasteiger partial charge in [-0.2, -0.15) is 0 Å². The van der Waals surface area contributed by atoms with Crippen LogP contribution in [-0.2, 0) is 4.79 Å². The van der Waals surface area contributed by atoms with Gasteiger partial charge in [0, 0.05) is 25.2 Å². The molecule has 0 saturated carbocycles. The van der Waals surface area contributed by atoms with Crippen molar-refractivity contribution in [3.63, 3.8) is 0 Å². The fourth-order valence-electron chi connectivity index (χ4n) is 2.58. The van der Waals surface area contributed by atoms with Crippen LogP contribution in [0.4, 0.5) is 0 Å². The summed E-state index contributed by atoms with van der Waals surface area (Å²) in [5.41, 5.74) is 6.62. The van der Waals surface area contributed by atoms with E-state index in [-0.39, 0.29) is 11.9 Å². The summed E-state index contributed by atoms with van der Waals surface area (Å²) in [7, 11) is 0. The Labute approximate surface area is 143 Å². The molecule has 6 heteroatoms. The standard InChI is InChI=1S/C16H16Cl2N2OS/c17-14-10(9-11-5-8-22-16(11)15(14)18)1-2-13(21)20-6-3-12(19)4-7-20/h1-2,5,8-9,12H,3-4,6-7,19H2. The minimum atomic E-state index is -0.00972. The van der Waals surface area contributed by atoms with Crippen molar-refractivity contribution in [2.24, 2.45) is 5.73 Å². The van der Waals surface area contributed by atoms with Crippen LogP contribution < -0.4 is 5.73 Å². The SMILES string of the molecule is NC1CCN(C(=O)C=Cc2cc3ccsc3c(Cl)c2Cl)CC1. The van der Waals surface area contributed by atoms with Crippen molar-refractivity contribution < 1.29 is 4.79 Å². The molecule has 1 aliphatic rings. The third-order valence-corrected chi connectivity index (χ3v) is 5.85. The van der Waals surface area contributed by atoms with Crippen LogP contribution in [0.5, 0.6) is 0 Å². The third-order valence-electron chi connectivity index (χ3n) is 3.91. The van der Waals surface area contributed by atoms with Crippen LogP contribution in [0.2, 0.25) is 10.0 Å². The Morgan fingerprint density at radius 2 is 2.05 bits per heavy atom. The Morgan fingerprint density at radius 1 is 1.32 bits per heavy atom. The minimum Gasteiger partial charge on any atom is -0.339 e. The predicted molar refractivity (Wildman–Crippen MR) is 94.7 cm³/mol. The van der Waals surface area contributed by atoms with Crippen molar-refractivity contribution in [3.05, 3.63) is 39.2 Å². The van der Waals surface area contributed by atoms with E-state index < -0.39 is 0 Å². The van der Waals surface area contributed by atoms with E-state index in [0.717, 1.165) is 28.5 Å². The van der Waals surface area contributed by atoms with E-state index in [1.54, 1.807) is 23.5 Å². The highest BCUT2D eigenvalue weighted by atomic mass is 35.5. The van der Waals surface area contributed by atoms with Gasteiger partial charge >= 0.3 is 0 Å². The molecule has 0 atom stereocenters. The number of carbonyl (C=O) groups excluding carboxylic acids is 1. The molecule has 0 spiro atoms. The molecule has 1 aromatic carbocycles. The van der Waals surface area contributed by atoms with Crippen LogP contribution in [0, 0.1) is 0 Å². The molecule has 2 aromatic rings. The lowest BCUT2D eigenvalue weighted by Gasteiger charge is -2.29. The number of fused-ring (bicyclic) bond motifs is 1. The highest BCUT2D eigenvalue weighted by Gasteiger charge is 2.19. The first-order valence-corrected chi connectivity index (χ1v) is 8.77. The lowest BCUT2D eigenvalue weighted by molar-refractivity contribution is -0.126. The summed E-state index contributed by atoms with van der Waals surface area (Å²) in [5, 5.41) is 4.05. The molecule has 3 nitrogen and oxygen atoms in total. The second kappa shape index (κ2) is 6.59. The van der Waals surface area contributed by atoms with Crippen LogP contribution in [0.3, 0.4) is 0 Å². The maximum absolute atomic E-state index is 12.2. The summed E-state index contributed by atoms with van der Waals surface area (Å²) in [6.07, 6.45) is 5.01. The molecule has 2 N–H and O–H groups in total. The van der Waals surface area contributed by atoms with Crippen molar-refractivity contribution in [2.75, 3.05) is 13.1 Å². The van der Waals surface area contributed by atoms with Gasteiger partial charge < -0.3 is 10.6 Å². The first-order valence-electron chi connectivity index (χ1n) is 7.14. The molecular formula is C16H16Cl2N2OS. The second-order valence-corrected chi connectivity index (χ2v) is 7.10. The largest absolute Gasteiger partial charge is 0.339 e. The number of carbonyl (C=O) groups is 1. The average Bonchev–Trinajstić information content (AvgIpc) is 2.98. The van der Waals surface area contributed by atoms with Gasteiger partial charge in [-0.3, -0.25) is 4.79 Å². The number of hydrogen-bond acceptors (Lipinski definition) is 3. The third kappa shape index (κ3) is 3.15. The van der Waals surface area contributed by atoms with E-state index in [9.17, 15) is 4.79 Å². The molecule has 22 heavy (non-hydrogen) atoms. The summed E-state index contributed by atoms with van der Waals surface area (Å²) in [6.45, 7) is 1.42. The van der Waals surface area contributed by atoms with E-state index in [1.807, 2.05) is 22.4 Å². The summed E-state index contributed by atoms with van der Waals surface area (Å²) >= 11 is 14.1. The Morgan fingerprint density at radius 3 is 2.77 bits per heavy atom. The first kappa shape index (κ1) is 15.8. The van der Waals surface area contributed by atoms with Gasteiger partial charge in [0.05, 0.1) is 14.7 Å². The van der Waals surface area contributed by atoms with Crippen molar-refractivity contribution in [1.29, 1.82) is 0 Å². The van der Waals surface area contributed by atoms with Crippen molar-refractivity contribution >= 4 is 56.6 Å². The molecule has 1 saturated heterocycles. The molecule has 1 amide bonds. The van der Waals surface area contributed by atoms with Gasteiger partial charge in [0.2, 0.25) is 5.91 Å². The topological polar surface area (TPSA) is 46.3 Å². The number of hydrogen-bond donors (Lipinski definition) is 1. The maximum atomic E-state index is 12.2. The molecular weight excluding hydrogens is 339 g/mol. The smallest absolute Gasteiger partial charge is 0.246 e. The van der Waals surface area contributed by atoms with Crippen LogP contribution in [0.15, 0.2) is 23.6 Å². The summed E-state index contributed by atoms with van der Waals surface area (Å²) in [4.78, 5) is 14.0. The number of rotatable bonds is 2. The lowest BCUT2D eigenvalue weighted by Crippen LogP contribution is -2.42. The molecule has 1 fully saturated rings. The van der Waals surface area contributed by atoms with Crippen molar-refractivity contribution in [2.45, 2.75) is 18.9 Å². The number of nitrogens with two attached hydrogens (primary N) is 1. The van der Waals surface area contributed by atoms with Crippen LogP contribution in [-0.4, -0.2) is 29.9 Å². The number of likely N-dealkylation sites (tertiary alicyclic amines) is 1. The lowest BCUT2D eigenvalue weighted by atomic mass is 10.1. The zero-order valence-electron chi connectivity index (χ0n) is 11.9. The van der Waals surface area contributed by atoms with E-state index in [2.05, 4.69) is 0 Å². The summed E-state index contributed by atoms with van der Waals surface area (Å²) < 4.78 is 0.972. The Hall–Kier alpha value is -1.07. The highest BCUT2D eigenvalue weighted by molar-refractivity contribution is 7.18. The molecule has 0 aliphatic carbocycles. The van der Waals surface area contributed by atoms with Crippen molar-refractivity contribution in [1.82, 2.24) is 4.90 Å². The van der Waals surface area contributed by atoms with Crippen LogP contribution >= 0.6 is 34.5 Å². The fourth-order valence-corrected chi connectivity index (χ4v) is 4.02. The van der Waals surface area contributed by atoms with Gasteiger partial charge in [0.15, 0.2) is 0 Å². The Balaban J connectivity index is 1.80. The van der Waals surface area contributed by atoms with E-state index in [1.165, 1.54) is 0 Å². The van der Waals surface area contributed by atoms with Crippen molar-refractivity contribution in [3.8, 4) is 0 Å². The number of halogens is 2. The first-order chi connectivity index (χ1) is 10.6. The molecule has 0 unspecified atom stereocenters. The normalized spacial score (nSPS) is 16.8. The molecule has 0 radical (unpaired) electrons. The predicted octanol–water partition coefficient (Wildman–Crippen LogP) is 4.17. The molecule has 0 bridgehead atoms. The van der Waals surface area contributed by atoms with Gasteiger partial charge in [-0.15, -0.1) is 11.3 Å². The monoisotopic (exact) mass is 354 g/mol. The zero-order valence-corrected chi connectivity index (χ0v) is 14.2. The van der Waals surface area contributed by atoms with Crippen LogP contribution in [0.1, 0.15) is 18.4 Å². The van der Waals surface area contributed by atoms with Gasteiger partial charge in [-0.1, -0.05) is 23.2 Å². The zero-order chi connectivity index (χ0) is 15.7. The molecule has 116 valence electrons. The summed E-state index contributed by atoms with van der Waals surface area (Å²) in [6, 6.07) is 4.16. The Bertz CT molecular complexity index is 733. The number of piperidine rings is 1. The molecule has 2 heterocycles. The number of benzene rings is 1. The fraction of sp³-hybridized carbons (Fsp3) is 0.312. The van der Waals surface area contributed by atoms with E-state index in [4.69, 9.17) is 28.9 Å². The van der Waals surface area contributed by atoms with Gasteiger partial charge in [-0.25, -0.2) is 0 Å². The minimum absolute atomic E-state index is 0.00972. The van der Waals surface area contributed by atoms with Gasteiger partial charge in [0.1, 0.15) is 0 Å². The maximum Gasteiger partial charge on any atom is 0.246 e.